The van der Waals surface area contributed by atoms with Crippen molar-refractivity contribution in [3.63, 3.8) is 0 Å². The molecule has 0 bridgehead atoms. The van der Waals surface area contributed by atoms with Crippen molar-refractivity contribution in [2.24, 2.45) is 0 Å². The summed E-state index contributed by atoms with van der Waals surface area (Å²) in [6.07, 6.45) is 1.76. The number of furan rings is 1. The third-order valence-corrected chi connectivity index (χ3v) is 7.07. The summed E-state index contributed by atoms with van der Waals surface area (Å²) in [5.74, 6) is -0.204. The number of fused-ring (bicyclic) bond motifs is 1. The van der Waals surface area contributed by atoms with Crippen LogP contribution in [0.5, 0.6) is 0 Å². The summed E-state index contributed by atoms with van der Waals surface area (Å²) in [7, 11) is -2.09. The van der Waals surface area contributed by atoms with E-state index in [4.69, 9.17) is 4.42 Å². The van der Waals surface area contributed by atoms with E-state index in [0.717, 1.165) is 27.7 Å². The number of carbonyl (C=O) groups is 1. The minimum Gasteiger partial charge on any atom is -0.464 e. The molecule has 3 aromatic carbocycles. The smallest absolute Gasteiger partial charge is 0.243 e. The number of rotatable bonds is 7. The van der Waals surface area contributed by atoms with Gasteiger partial charge in [0.05, 0.1) is 17.6 Å². The van der Waals surface area contributed by atoms with Crippen LogP contribution in [0.3, 0.4) is 0 Å². The Labute approximate surface area is 187 Å². The van der Waals surface area contributed by atoms with E-state index in [1.807, 2.05) is 55.5 Å². The highest BCUT2D eigenvalue weighted by atomic mass is 32.2. The first-order valence-electron chi connectivity index (χ1n) is 10.2. The number of nitrogens with zero attached hydrogens (tertiary/aromatic N) is 1. The molecule has 7 heteroatoms. The van der Waals surface area contributed by atoms with E-state index >= 15 is 0 Å². The number of anilines is 1. The normalized spacial score (nSPS) is 11.7. The second-order valence-electron chi connectivity index (χ2n) is 7.76. The van der Waals surface area contributed by atoms with Gasteiger partial charge in [-0.2, -0.15) is 4.31 Å². The van der Waals surface area contributed by atoms with Crippen LogP contribution < -0.4 is 5.32 Å². The summed E-state index contributed by atoms with van der Waals surface area (Å²) < 4.78 is 32.6. The highest BCUT2D eigenvalue weighted by Gasteiger charge is 2.21. The lowest BCUT2D eigenvalue weighted by Crippen LogP contribution is -2.26. The van der Waals surface area contributed by atoms with Crippen molar-refractivity contribution in [2.75, 3.05) is 12.4 Å². The Morgan fingerprint density at radius 3 is 2.44 bits per heavy atom. The van der Waals surface area contributed by atoms with E-state index in [9.17, 15) is 13.2 Å². The van der Waals surface area contributed by atoms with E-state index < -0.39 is 10.0 Å². The van der Waals surface area contributed by atoms with E-state index in [1.165, 1.54) is 16.4 Å². The maximum atomic E-state index is 12.9. The molecule has 1 amide bonds. The molecule has 1 heterocycles. The molecule has 4 aromatic rings. The molecule has 0 saturated heterocycles. The molecule has 6 nitrogen and oxygen atoms in total. The van der Waals surface area contributed by atoms with E-state index in [0.29, 0.717) is 5.69 Å². The molecule has 32 heavy (non-hydrogen) atoms. The predicted octanol–water partition coefficient (Wildman–Crippen LogP) is 4.74. The lowest BCUT2D eigenvalue weighted by atomic mass is 10.1. The minimum absolute atomic E-state index is 0.163. The van der Waals surface area contributed by atoms with Gasteiger partial charge in [-0.25, -0.2) is 8.42 Å². The van der Waals surface area contributed by atoms with Crippen LogP contribution in [-0.4, -0.2) is 25.7 Å². The van der Waals surface area contributed by atoms with E-state index in [2.05, 4.69) is 5.32 Å². The van der Waals surface area contributed by atoms with Crippen LogP contribution in [0.15, 0.2) is 88.4 Å². The van der Waals surface area contributed by atoms with Crippen LogP contribution in [-0.2, 0) is 27.8 Å². The standard InChI is InChI=1S/C25H24N2O4S/c1-18-8-13-23-20(17-31-24(23)14-18)15-25(28)26-21-9-11-22(12-10-21)32(29,30)27(2)16-19-6-4-3-5-7-19/h3-14,17H,15-16H2,1-2H3,(H,26,28). The first-order chi connectivity index (χ1) is 15.3. The Balaban J connectivity index is 1.42. The van der Waals surface area contributed by atoms with Crippen molar-refractivity contribution in [2.45, 2.75) is 24.8 Å². The molecular formula is C25H24N2O4S. The summed E-state index contributed by atoms with van der Waals surface area (Å²) in [5, 5.41) is 3.73. The van der Waals surface area contributed by atoms with Crippen molar-refractivity contribution in [1.82, 2.24) is 4.31 Å². The predicted molar refractivity (Wildman–Crippen MR) is 125 cm³/mol. The fourth-order valence-corrected chi connectivity index (χ4v) is 4.68. The van der Waals surface area contributed by atoms with Gasteiger partial charge >= 0.3 is 0 Å². The van der Waals surface area contributed by atoms with Crippen molar-refractivity contribution in [3.05, 3.63) is 95.7 Å². The highest BCUT2D eigenvalue weighted by Crippen LogP contribution is 2.24. The van der Waals surface area contributed by atoms with E-state index in [1.54, 1.807) is 25.4 Å². The summed E-state index contributed by atoms with van der Waals surface area (Å²) in [6, 6.07) is 21.5. The lowest BCUT2D eigenvalue weighted by Gasteiger charge is -2.17. The largest absolute Gasteiger partial charge is 0.464 e. The molecule has 4 rings (SSSR count). The molecule has 0 spiro atoms. The van der Waals surface area contributed by atoms with E-state index in [-0.39, 0.29) is 23.8 Å². The average molecular weight is 449 g/mol. The van der Waals surface area contributed by atoms with Crippen LogP contribution in [0, 0.1) is 6.92 Å². The molecule has 0 saturated carbocycles. The maximum Gasteiger partial charge on any atom is 0.243 e. The topological polar surface area (TPSA) is 79.6 Å². The number of carbonyl (C=O) groups excluding carboxylic acids is 1. The van der Waals surface area contributed by atoms with Gasteiger partial charge in [0.25, 0.3) is 0 Å². The number of aryl methyl sites for hydroxylation is 1. The zero-order valence-corrected chi connectivity index (χ0v) is 18.7. The number of hydrogen-bond acceptors (Lipinski definition) is 4. The van der Waals surface area contributed by atoms with Crippen LogP contribution in [0.25, 0.3) is 11.0 Å². The molecule has 0 unspecified atom stereocenters. The summed E-state index contributed by atoms with van der Waals surface area (Å²) in [5.41, 5.74) is 4.08. The second kappa shape index (κ2) is 8.98. The van der Waals surface area contributed by atoms with Gasteiger partial charge in [-0.3, -0.25) is 4.79 Å². The number of nitrogens with one attached hydrogen (secondary N) is 1. The number of sulfonamides is 1. The Hall–Kier alpha value is -3.42. The third-order valence-electron chi connectivity index (χ3n) is 5.26. The fraction of sp³-hybridized carbons (Fsp3) is 0.160. The van der Waals surface area contributed by atoms with Crippen molar-refractivity contribution in [1.29, 1.82) is 0 Å². The van der Waals surface area contributed by atoms with Crippen LogP contribution in [0.1, 0.15) is 16.7 Å². The maximum absolute atomic E-state index is 12.9. The molecule has 0 aliphatic rings. The van der Waals surface area contributed by atoms with Gasteiger partial charge in [0.2, 0.25) is 15.9 Å². The zero-order chi connectivity index (χ0) is 22.7. The van der Waals surface area contributed by atoms with Gasteiger partial charge in [-0.15, -0.1) is 0 Å². The quantitative estimate of drug-likeness (QED) is 0.443. The number of benzene rings is 3. The average Bonchev–Trinajstić information content (AvgIpc) is 3.16. The molecule has 0 aliphatic carbocycles. The Bertz CT molecular complexity index is 1340. The van der Waals surface area contributed by atoms with Crippen LogP contribution in [0.4, 0.5) is 5.69 Å². The SMILES string of the molecule is Cc1ccc2c(CC(=O)Nc3ccc(S(=O)(=O)N(C)Cc4ccccc4)cc3)coc2c1. The first kappa shape index (κ1) is 21.8. The van der Waals surface area contributed by atoms with Gasteiger partial charge in [-0.1, -0.05) is 42.5 Å². The van der Waals surface area contributed by atoms with Gasteiger partial charge in [-0.05, 0) is 48.4 Å². The number of amides is 1. The Morgan fingerprint density at radius 2 is 1.72 bits per heavy atom. The zero-order valence-electron chi connectivity index (χ0n) is 17.9. The molecule has 1 aromatic heterocycles. The molecule has 1 N–H and O–H groups in total. The summed E-state index contributed by atoms with van der Waals surface area (Å²) in [4.78, 5) is 12.7. The lowest BCUT2D eigenvalue weighted by molar-refractivity contribution is -0.115. The third kappa shape index (κ3) is 4.74. The monoisotopic (exact) mass is 448 g/mol. The van der Waals surface area contributed by atoms with Crippen molar-refractivity contribution in [3.8, 4) is 0 Å². The summed E-state index contributed by atoms with van der Waals surface area (Å²) >= 11 is 0. The van der Waals surface area contributed by atoms with Gasteiger partial charge in [0.1, 0.15) is 5.58 Å². The van der Waals surface area contributed by atoms with Gasteiger partial charge < -0.3 is 9.73 Å². The fourth-order valence-electron chi connectivity index (χ4n) is 3.52. The Morgan fingerprint density at radius 1 is 1.00 bits per heavy atom. The molecular weight excluding hydrogens is 424 g/mol. The molecule has 0 aliphatic heterocycles. The van der Waals surface area contributed by atoms with Crippen molar-refractivity contribution >= 4 is 32.6 Å². The first-order valence-corrected chi connectivity index (χ1v) is 11.6. The van der Waals surface area contributed by atoms with Crippen LogP contribution in [0.2, 0.25) is 0 Å². The summed E-state index contributed by atoms with van der Waals surface area (Å²) in [6.45, 7) is 2.26. The van der Waals surface area contributed by atoms with Crippen LogP contribution >= 0.6 is 0 Å². The second-order valence-corrected chi connectivity index (χ2v) is 9.80. The number of hydrogen-bond donors (Lipinski definition) is 1. The van der Waals surface area contributed by atoms with Crippen molar-refractivity contribution < 1.29 is 17.6 Å². The van der Waals surface area contributed by atoms with Gasteiger partial charge in [0, 0.05) is 30.2 Å². The molecule has 0 radical (unpaired) electrons. The minimum atomic E-state index is -3.64. The molecule has 164 valence electrons. The highest BCUT2D eigenvalue weighted by molar-refractivity contribution is 7.89. The van der Waals surface area contributed by atoms with Gasteiger partial charge in [0.15, 0.2) is 0 Å². The Kier molecular flexibility index (Phi) is 6.12. The molecule has 0 atom stereocenters. The molecule has 0 fully saturated rings.